The van der Waals surface area contributed by atoms with Crippen molar-refractivity contribution in [2.24, 2.45) is 5.41 Å². The van der Waals surface area contributed by atoms with Crippen LogP contribution >= 0.6 is 0 Å². The van der Waals surface area contributed by atoms with E-state index < -0.39 is 5.41 Å². The Morgan fingerprint density at radius 1 is 1.10 bits per heavy atom. The Balaban J connectivity index is 1.19. The number of aromatic nitrogens is 2. The van der Waals surface area contributed by atoms with Crippen LogP contribution in [-0.4, -0.2) is 48.1 Å². The summed E-state index contributed by atoms with van der Waals surface area (Å²) in [6.45, 7) is 9.03. The Labute approximate surface area is 244 Å². The van der Waals surface area contributed by atoms with E-state index in [2.05, 4.69) is 10.3 Å². The van der Waals surface area contributed by atoms with Crippen LogP contribution in [0.1, 0.15) is 51.3 Å². The predicted octanol–water partition coefficient (Wildman–Crippen LogP) is 4.44. The lowest BCUT2D eigenvalue weighted by atomic mass is 9.90. The number of carbonyl (C=O) groups is 2. The monoisotopic (exact) mass is 575 g/mol. The van der Waals surface area contributed by atoms with Crippen LogP contribution in [0.3, 0.4) is 0 Å². The van der Waals surface area contributed by atoms with Crippen LogP contribution in [0.4, 0.5) is 11.4 Å². The fourth-order valence-electron chi connectivity index (χ4n) is 5.38. The maximum Gasteiger partial charge on any atom is 0.261 e. The summed E-state index contributed by atoms with van der Waals surface area (Å²) in [4.78, 5) is 46.6. The van der Waals surface area contributed by atoms with Gasteiger partial charge in [0.1, 0.15) is 28.8 Å². The van der Waals surface area contributed by atoms with Gasteiger partial charge in [-0.3, -0.25) is 14.4 Å². The van der Waals surface area contributed by atoms with Gasteiger partial charge in [0.25, 0.3) is 5.56 Å². The fourth-order valence-corrected chi connectivity index (χ4v) is 5.38. The number of nitrogens with one attached hydrogen (secondary N) is 1. The molecule has 0 spiro atoms. The molecule has 4 heterocycles. The molecule has 1 aliphatic heterocycles. The normalized spacial score (nSPS) is 15.6. The van der Waals surface area contributed by atoms with E-state index in [1.807, 2.05) is 38.1 Å². The van der Waals surface area contributed by atoms with Gasteiger partial charge in [-0.05, 0) is 71.3 Å². The SMILES string of the molecule is CCN1C(=O)C(C)(C)C(=O)N(C)c2cc(OCCCNC(CCn3ccc4oc(C)cc4c3=O)c3ncco3)ccc21. The van der Waals surface area contributed by atoms with Crippen molar-refractivity contribution >= 4 is 34.2 Å². The van der Waals surface area contributed by atoms with Crippen LogP contribution in [-0.2, 0) is 16.1 Å². The van der Waals surface area contributed by atoms with Crippen molar-refractivity contribution < 1.29 is 23.2 Å². The van der Waals surface area contributed by atoms with Crippen molar-refractivity contribution in [3.05, 3.63) is 71.0 Å². The summed E-state index contributed by atoms with van der Waals surface area (Å²) >= 11 is 0. The van der Waals surface area contributed by atoms with Crippen molar-refractivity contribution in [1.82, 2.24) is 14.9 Å². The van der Waals surface area contributed by atoms with Crippen molar-refractivity contribution in [1.29, 1.82) is 0 Å². The van der Waals surface area contributed by atoms with Crippen LogP contribution < -0.4 is 25.4 Å². The van der Waals surface area contributed by atoms with E-state index in [4.69, 9.17) is 13.6 Å². The minimum atomic E-state index is -1.16. The minimum Gasteiger partial charge on any atom is -0.493 e. The molecule has 5 rings (SSSR count). The lowest BCUT2D eigenvalue weighted by Crippen LogP contribution is -2.47. The molecule has 1 atom stereocenters. The van der Waals surface area contributed by atoms with Gasteiger partial charge in [-0.25, -0.2) is 4.98 Å². The molecule has 0 bridgehead atoms. The molecule has 42 heavy (non-hydrogen) atoms. The third kappa shape index (κ3) is 5.56. The molecule has 0 radical (unpaired) electrons. The number of hydrogen-bond donors (Lipinski definition) is 1. The second kappa shape index (κ2) is 11.8. The molecule has 1 N–H and O–H groups in total. The van der Waals surface area contributed by atoms with Gasteiger partial charge in [-0.2, -0.15) is 0 Å². The van der Waals surface area contributed by atoms with Gasteiger partial charge in [-0.1, -0.05) is 0 Å². The quantitative estimate of drug-likeness (QED) is 0.206. The zero-order valence-electron chi connectivity index (χ0n) is 24.7. The highest BCUT2D eigenvalue weighted by atomic mass is 16.5. The molecule has 1 aliphatic rings. The Bertz CT molecular complexity index is 1640. The van der Waals surface area contributed by atoms with Gasteiger partial charge in [0, 0.05) is 32.4 Å². The number of amides is 2. The van der Waals surface area contributed by atoms with E-state index in [0.717, 1.165) is 0 Å². The van der Waals surface area contributed by atoms with Crippen LogP contribution in [0, 0.1) is 12.3 Å². The molecular weight excluding hydrogens is 538 g/mol. The maximum atomic E-state index is 13.1. The van der Waals surface area contributed by atoms with Gasteiger partial charge in [-0.15, -0.1) is 0 Å². The first-order valence-corrected chi connectivity index (χ1v) is 14.2. The molecule has 11 heteroatoms. The van der Waals surface area contributed by atoms with Crippen molar-refractivity contribution in [2.75, 3.05) is 36.5 Å². The summed E-state index contributed by atoms with van der Waals surface area (Å²) in [6.07, 6.45) is 6.17. The van der Waals surface area contributed by atoms with Crippen LogP contribution in [0.2, 0.25) is 0 Å². The molecular formula is C31H37N5O6. The summed E-state index contributed by atoms with van der Waals surface area (Å²) < 4.78 is 18.8. The predicted molar refractivity (Wildman–Crippen MR) is 159 cm³/mol. The Morgan fingerprint density at radius 3 is 2.64 bits per heavy atom. The summed E-state index contributed by atoms with van der Waals surface area (Å²) in [5.41, 5.74) is 0.664. The van der Waals surface area contributed by atoms with E-state index in [-0.39, 0.29) is 23.4 Å². The molecule has 2 amide bonds. The summed E-state index contributed by atoms with van der Waals surface area (Å²) in [6, 6.07) is 8.84. The van der Waals surface area contributed by atoms with Crippen LogP contribution in [0.5, 0.6) is 5.75 Å². The van der Waals surface area contributed by atoms with E-state index in [9.17, 15) is 14.4 Å². The van der Waals surface area contributed by atoms with Gasteiger partial charge in [0.15, 0.2) is 0 Å². The van der Waals surface area contributed by atoms with Gasteiger partial charge >= 0.3 is 0 Å². The lowest BCUT2D eigenvalue weighted by Gasteiger charge is -2.27. The number of furan rings is 1. The Morgan fingerprint density at radius 2 is 1.90 bits per heavy atom. The number of fused-ring (bicyclic) bond motifs is 2. The smallest absolute Gasteiger partial charge is 0.261 e. The van der Waals surface area contributed by atoms with E-state index in [1.165, 1.54) is 11.2 Å². The topological polar surface area (TPSA) is 123 Å². The number of pyridine rings is 1. The van der Waals surface area contributed by atoms with E-state index >= 15 is 0 Å². The molecule has 1 aromatic carbocycles. The standard InChI is InChI=1S/C31H37N5O6/c1-6-36-24-9-8-21(19-25(24)34(5)29(38)31(3,4)30(36)39)40-16-7-12-32-23(27-33-13-17-41-27)10-14-35-15-11-26-22(28(35)37)18-20(2)42-26/h8-9,11,13,15,17-19,23,32H,6-7,10,12,14,16H2,1-5H3. The third-order valence-corrected chi connectivity index (χ3v) is 7.70. The molecule has 0 aliphatic carbocycles. The first kappa shape index (κ1) is 29.1. The number of aryl methyl sites for hydroxylation is 2. The van der Waals surface area contributed by atoms with Gasteiger partial charge < -0.3 is 33.3 Å². The van der Waals surface area contributed by atoms with Gasteiger partial charge in [0.05, 0.1) is 35.6 Å². The minimum absolute atomic E-state index is 0.0908. The Kier molecular flexibility index (Phi) is 8.22. The second-order valence-corrected chi connectivity index (χ2v) is 11.0. The zero-order chi connectivity index (χ0) is 30.0. The summed E-state index contributed by atoms with van der Waals surface area (Å²) in [7, 11) is 1.69. The third-order valence-electron chi connectivity index (χ3n) is 7.70. The maximum absolute atomic E-state index is 13.1. The van der Waals surface area contributed by atoms with Crippen LogP contribution in [0.25, 0.3) is 11.0 Å². The van der Waals surface area contributed by atoms with Crippen LogP contribution in [0.15, 0.2) is 62.6 Å². The Hall–Kier alpha value is -4.38. The molecule has 3 aromatic heterocycles. The number of benzene rings is 1. The first-order valence-electron chi connectivity index (χ1n) is 14.2. The zero-order valence-corrected chi connectivity index (χ0v) is 24.7. The lowest BCUT2D eigenvalue weighted by molar-refractivity contribution is -0.137. The highest BCUT2D eigenvalue weighted by Gasteiger charge is 2.45. The number of ether oxygens (including phenoxy) is 1. The second-order valence-electron chi connectivity index (χ2n) is 11.0. The number of carbonyl (C=O) groups excluding carboxylic acids is 2. The molecule has 11 nitrogen and oxygen atoms in total. The molecule has 0 saturated carbocycles. The largest absolute Gasteiger partial charge is 0.493 e. The van der Waals surface area contributed by atoms with Crippen molar-refractivity contribution in [3.8, 4) is 5.75 Å². The molecule has 0 fully saturated rings. The number of nitrogens with zero attached hydrogens (tertiary/aromatic N) is 4. The number of hydrogen-bond acceptors (Lipinski definition) is 8. The average Bonchev–Trinajstić information content (AvgIpc) is 3.64. The molecule has 1 unspecified atom stereocenters. The van der Waals surface area contributed by atoms with Crippen molar-refractivity contribution in [2.45, 2.75) is 53.1 Å². The van der Waals surface area contributed by atoms with E-state index in [1.54, 1.807) is 48.8 Å². The van der Waals surface area contributed by atoms with Crippen molar-refractivity contribution in [3.63, 3.8) is 0 Å². The highest BCUT2D eigenvalue weighted by Crippen LogP contribution is 2.40. The fraction of sp³-hybridized carbons (Fsp3) is 0.419. The number of anilines is 2. The summed E-state index contributed by atoms with van der Waals surface area (Å²) in [5, 5.41) is 4.04. The number of rotatable bonds is 11. The van der Waals surface area contributed by atoms with E-state index in [0.29, 0.717) is 78.8 Å². The average molecular weight is 576 g/mol. The molecule has 4 aromatic rings. The van der Waals surface area contributed by atoms with Gasteiger partial charge in [0.2, 0.25) is 17.7 Å². The summed E-state index contributed by atoms with van der Waals surface area (Å²) in [5.74, 6) is 1.40. The first-order chi connectivity index (χ1) is 20.1. The number of oxazole rings is 1. The molecule has 222 valence electrons. The highest BCUT2D eigenvalue weighted by molar-refractivity contribution is 6.20. The molecule has 0 saturated heterocycles.